The lowest BCUT2D eigenvalue weighted by Crippen LogP contribution is -2.51. The highest BCUT2D eigenvalue weighted by atomic mass is 32.1. The number of likely N-dealkylation sites (tertiary alicyclic amines) is 1. The van der Waals surface area contributed by atoms with Gasteiger partial charge < -0.3 is 15.4 Å². The predicted molar refractivity (Wildman–Crippen MR) is 152 cm³/mol. The van der Waals surface area contributed by atoms with E-state index >= 15 is 0 Å². The van der Waals surface area contributed by atoms with Crippen molar-refractivity contribution in [3.63, 3.8) is 0 Å². The van der Waals surface area contributed by atoms with Crippen LogP contribution < -0.4 is 15.5 Å². The summed E-state index contributed by atoms with van der Waals surface area (Å²) < 4.78 is 5.49. The summed E-state index contributed by atoms with van der Waals surface area (Å²) in [5.74, 6) is -0.176. The van der Waals surface area contributed by atoms with Gasteiger partial charge in [-0.2, -0.15) is 0 Å². The fraction of sp³-hybridized carbons (Fsp3) is 0.310. The first kappa shape index (κ1) is 24.2. The summed E-state index contributed by atoms with van der Waals surface area (Å²) in [6.07, 6.45) is 5.64. The normalized spacial score (nSPS) is 21.5. The summed E-state index contributed by atoms with van der Waals surface area (Å²) in [7, 11) is 0. The molecule has 2 saturated heterocycles. The number of pyridine rings is 2. The van der Waals surface area contributed by atoms with E-state index in [2.05, 4.69) is 32.4 Å². The maximum absolute atomic E-state index is 13.5. The number of hydrogen-bond donors (Lipinski definition) is 2. The Morgan fingerprint density at radius 3 is 2.82 bits per heavy atom. The summed E-state index contributed by atoms with van der Waals surface area (Å²) in [4.78, 5) is 41.3. The van der Waals surface area contributed by atoms with Crippen LogP contribution in [0.1, 0.15) is 29.4 Å². The molecule has 9 nitrogen and oxygen atoms in total. The van der Waals surface area contributed by atoms with Gasteiger partial charge in [-0.3, -0.25) is 19.6 Å². The number of urea groups is 1. The van der Waals surface area contributed by atoms with Crippen LogP contribution in [0, 0.1) is 0 Å². The van der Waals surface area contributed by atoms with Crippen molar-refractivity contribution in [3.05, 3.63) is 65.8 Å². The fourth-order valence-electron chi connectivity index (χ4n) is 5.64. The SMILES string of the molecule is CC(C1CO1)N1CCC[C@@H](NC(=O)c2sc3nccc4c3c2NC(=O)N4c2ccnc(-c3ccccc3)c2)C1. The van der Waals surface area contributed by atoms with Crippen molar-refractivity contribution in [3.8, 4) is 11.3 Å². The van der Waals surface area contributed by atoms with Crippen LogP contribution in [0.5, 0.6) is 0 Å². The molecule has 198 valence electrons. The van der Waals surface area contributed by atoms with Crippen molar-refractivity contribution < 1.29 is 14.3 Å². The summed E-state index contributed by atoms with van der Waals surface area (Å²) in [5, 5.41) is 7.00. The van der Waals surface area contributed by atoms with Gasteiger partial charge >= 0.3 is 6.03 Å². The van der Waals surface area contributed by atoms with Crippen molar-refractivity contribution in [1.82, 2.24) is 20.2 Å². The minimum absolute atomic E-state index is 0.0429. The summed E-state index contributed by atoms with van der Waals surface area (Å²) in [6.45, 7) is 4.82. The molecule has 2 N–H and O–H groups in total. The van der Waals surface area contributed by atoms with Crippen molar-refractivity contribution in [1.29, 1.82) is 0 Å². The Morgan fingerprint density at radius 1 is 1.18 bits per heavy atom. The molecule has 0 spiro atoms. The second-order valence-corrected chi connectivity index (χ2v) is 11.3. The highest BCUT2D eigenvalue weighted by molar-refractivity contribution is 7.21. The number of nitrogens with one attached hydrogen (secondary N) is 2. The lowest BCUT2D eigenvalue weighted by atomic mass is 10.0. The molecule has 39 heavy (non-hydrogen) atoms. The number of benzene rings is 1. The number of hydrogen-bond acceptors (Lipinski definition) is 7. The maximum Gasteiger partial charge on any atom is 0.331 e. The molecule has 7 rings (SSSR count). The third-order valence-corrected chi connectivity index (χ3v) is 8.88. The Hall–Kier alpha value is -3.86. The Kier molecular flexibility index (Phi) is 6.03. The Bertz CT molecular complexity index is 1570. The molecule has 2 fully saturated rings. The molecule has 0 saturated carbocycles. The van der Waals surface area contributed by atoms with E-state index in [1.54, 1.807) is 17.3 Å². The molecule has 0 bridgehead atoms. The third-order valence-electron chi connectivity index (χ3n) is 7.78. The number of carbonyl (C=O) groups excluding carboxylic acids is 2. The van der Waals surface area contributed by atoms with Crippen LogP contribution in [-0.4, -0.2) is 64.7 Å². The van der Waals surface area contributed by atoms with Crippen LogP contribution >= 0.6 is 11.3 Å². The molecule has 0 aliphatic carbocycles. The number of rotatable bonds is 6. The van der Waals surface area contributed by atoms with Crippen LogP contribution in [0.3, 0.4) is 0 Å². The molecule has 3 atom stereocenters. The summed E-state index contributed by atoms with van der Waals surface area (Å²) in [5.41, 5.74) is 3.65. The zero-order chi connectivity index (χ0) is 26.5. The lowest BCUT2D eigenvalue weighted by molar-refractivity contribution is 0.0867. The molecule has 4 aromatic rings. The zero-order valence-corrected chi connectivity index (χ0v) is 22.3. The predicted octanol–water partition coefficient (Wildman–Crippen LogP) is 5.02. The molecule has 3 aliphatic heterocycles. The average molecular weight is 541 g/mol. The van der Waals surface area contributed by atoms with Gasteiger partial charge in [0.05, 0.1) is 40.9 Å². The van der Waals surface area contributed by atoms with Gasteiger partial charge in [0.15, 0.2) is 0 Å². The monoisotopic (exact) mass is 540 g/mol. The Morgan fingerprint density at radius 2 is 2.00 bits per heavy atom. The molecule has 3 aromatic heterocycles. The fourth-order valence-corrected chi connectivity index (χ4v) is 6.66. The topological polar surface area (TPSA) is 103 Å². The van der Waals surface area contributed by atoms with E-state index in [9.17, 15) is 9.59 Å². The highest BCUT2D eigenvalue weighted by Crippen LogP contribution is 2.46. The Labute approximate surface area is 229 Å². The molecule has 0 radical (unpaired) electrons. The van der Waals surface area contributed by atoms with E-state index in [0.29, 0.717) is 38.9 Å². The van der Waals surface area contributed by atoms with Gasteiger partial charge in [0, 0.05) is 36.6 Å². The van der Waals surface area contributed by atoms with Gasteiger partial charge in [0.1, 0.15) is 9.71 Å². The number of aromatic nitrogens is 2. The molecule has 10 heteroatoms. The molecule has 3 amide bonds. The van der Waals surface area contributed by atoms with Gasteiger partial charge in [0.2, 0.25) is 0 Å². The lowest BCUT2D eigenvalue weighted by Gasteiger charge is -2.36. The second kappa shape index (κ2) is 9.71. The number of thiophene rings is 1. The van der Waals surface area contributed by atoms with E-state index in [1.807, 2.05) is 48.5 Å². The number of piperidine rings is 1. The largest absolute Gasteiger partial charge is 0.371 e. The van der Waals surface area contributed by atoms with Gasteiger partial charge in [-0.1, -0.05) is 30.3 Å². The summed E-state index contributed by atoms with van der Waals surface area (Å²) >= 11 is 1.31. The molecule has 1 aromatic carbocycles. The number of anilines is 3. The number of epoxide rings is 1. The van der Waals surface area contributed by atoms with Crippen molar-refractivity contribution >= 4 is 50.6 Å². The van der Waals surface area contributed by atoms with Gasteiger partial charge in [0.25, 0.3) is 5.91 Å². The van der Waals surface area contributed by atoms with Gasteiger partial charge in [-0.15, -0.1) is 11.3 Å². The van der Waals surface area contributed by atoms with Crippen LogP contribution in [0.2, 0.25) is 0 Å². The number of ether oxygens (including phenoxy) is 1. The number of amides is 3. The van der Waals surface area contributed by atoms with Gasteiger partial charge in [-0.05, 0) is 44.5 Å². The average Bonchev–Trinajstić information content (AvgIpc) is 3.75. The molecule has 3 aliphatic rings. The third kappa shape index (κ3) is 4.44. The first-order valence-corrected chi connectivity index (χ1v) is 14.1. The first-order chi connectivity index (χ1) is 19.1. The second-order valence-electron chi connectivity index (χ2n) is 10.3. The summed E-state index contributed by atoms with van der Waals surface area (Å²) in [6, 6.07) is 15.4. The van der Waals surface area contributed by atoms with Crippen molar-refractivity contribution in [2.45, 2.75) is 38.0 Å². The smallest absolute Gasteiger partial charge is 0.331 e. The minimum atomic E-state index is -0.324. The van der Waals surface area contributed by atoms with Crippen molar-refractivity contribution in [2.75, 3.05) is 29.9 Å². The zero-order valence-electron chi connectivity index (χ0n) is 21.5. The van der Waals surface area contributed by atoms with E-state index in [-0.39, 0.29) is 18.0 Å². The van der Waals surface area contributed by atoms with Crippen molar-refractivity contribution in [2.24, 2.45) is 0 Å². The quantitative estimate of drug-likeness (QED) is 0.333. The van der Waals surface area contributed by atoms with E-state index < -0.39 is 0 Å². The van der Waals surface area contributed by atoms with E-state index in [4.69, 9.17) is 4.74 Å². The Balaban J connectivity index is 1.19. The standard InChI is InChI=1S/C29H28N6O3S/c1-17(23-16-38-23)34-13-5-8-19(15-34)32-27(36)26-25-24-22(10-12-31-28(24)39-26)35(29(37)33-25)20-9-11-30-21(14-20)18-6-3-2-4-7-18/h2-4,6-7,9-12,14,17,19,23H,5,8,13,15-16H2,1H3,(H,32,36)(H,33,37)/t17?,19-,23?/m1/s1. The van der Waals surface area contributed by atoms with Crippen LogP contribution in [0.4, 0.5) is 21.9 Å². The first-order valence-electron chi connectivity index (χ1n) is 13.3. The molecule has 2 unspecified atom stereocenters. The molecule has 6 heterocycles. The number of carbonyl (C=O) groups is 2. The van der Waals surface area contributed by atoms with E-state index in [0.717, 1.165) is 49.2 Å². The minimum Gasteiger partial charge on any atom is -0.371 e. The molecular formula is C29H28N6O3S. The van der Waals surface area contributed by atoms with Crippen LogP contribution in [0.25, 0.3) is 21.5 Å². The van der Waals surface area contributed by atoms with Crippen LogP contribution in [-0.2, 0) is 4.74 Å². The van der Waals surface area contributed by atoms with E-state index in [1.165, 1.54) is 11.3 Å². The highest BCUT2D eigenvalue weighted by Gasteiger charge is 2.37. The van der Waals surface area contributed by atoms with Gasteiger partial charge in [-0.25, -0.2) is 9.78 Å². The maximum atomic E-state index is 13.5. The van der Waals surface area contributed by atoms with Crippen LogP contribution in [0.15, 0.2) is 60.9 Å². The number of nitrogens with zero attached hydrogens (tertiary/aromatic N) is 4. The molecular weight excluding hydrogens is 512 g/mol.